The number of hydrogen-bond acceptors (Lipinski definition) is 14. The Kier molecular flexibility index (Phi) is 14.0. The fourth-order valence-corrected chi connectivity index (χ4v) is 7.67. The molecule has 48 heavy (non-hydrogen) atoms. The third-order valence-electron chi connectivity index (χ3n) is 10.8. The maximum absolute atomic E-state index is 13.9. The topological polar surface area (TPSA) is 222 Å². The minimum Gasteiger partial charge on any atom is -0.462 e. The maximum atomic E-state index is 13.9. The maximum Gasteiger partial charge on any atom is 0.311 e. The van der Waals surface area contributed by atoms with E-state index in [1.54, 1.807) is 48.5 Å². The number of ether oxygens (including phenoxy) is 5. The number of aliphatic hydroxyl groups excluding tert-OH is 5. The number of carbonyl (C=O) groups excluding carboxylic acids is 2. The summed E-state index contributed by atoms with van der Waals surface area (Å²) in [6, 6.07) is 0. The van der Waals surface area contributed by atoms with E-state index in [9.17, 15) is 45.3 Å². The molecule has 3 saturated heterocycles. The van der Waals surface area contributed by atoms with E-state index in [4.69, 9.17) is 23.7 Å². The molecule has 3 fully saturated rings. The second-order valence-corrected chi connectivity index (χ2v) is 15.1. The van der Waals surface area contributed by atoms with E-state index in [1.165, 1.54) is 13.8 Å². The first-order chi connectivity index (χ1) is 22.2. The Balaban J connectivity index is 2.13. The third kappa shape index (κ3) is 9.13. The van der Waals surface area contributed by atoms with Gasteiger partial charge < -0.3 is 59.4 Å². The Bertz CT molecular complexity index is 1070. The molecule has 0 aliphatic carbocycles. The SMILES string of the molecule is CC[C@H]1OC(=O)[C@H](C)[C@@H](O[C@H]2CC(C)(O)[C@@H](O)C(C)O2)[C@H](C)[C@@H](O[C@@H]2OC(CO)[C@@H](O)CC2O)[C@](C)(O)C[C@@H](C)C(=O)[C@H](C)[C@@H](O)[C@H]1C. The molecular formula is C34H60O14. The number of rotatable bonds is 6. The molecule has 0 amide bonds. The molecule has 280 valence electrons. The average molecular weight is 693 g/mol. The van der Waals surface area contributed by atoms with Crippen LogP contribution in [0.4, 0.5) is 0 Å². The highest BCUT2D eigenvalue weighted by molar-refractivity contribution is 5.83. The largest absolute Gasteiger partial charge is 0.462 e. The summed E-state index contributed by atoms with van der Waals surface area (Å²) in [5, 5.41) is 75.8. The van der Waals surface area contributed by atoms with Gasteiger partial charge in [0.1, 0.15) is 30.2 Å². The van der Waals surface area contributed by atoms with Gasteiger partial charge in [0.05, 0.1) is 54.2 Å². The van der Waals surface area contributed by atoms with Crippen molar-refractivity contribution in [2.75, 3.05) is 6.61 Å². The molecule has 3 aliphatic rings. The summed E-state index contributed by atoms with van der Waals surface area (Å²) in [6.45, 7) is 13.9. The van der Waals surface area contributed by atoms with E-state index in [0.717, 1.165) is 0 Å². The Morgan fingerprint density at radius 1 is 0.812 bits per heavy atom. The van der Waals surface area contributed by atoms with E-state index in [1.807, 2.05) is 0 Å². The normalized spacial score (nSPS) is 50.4. The van der Waals surface area contributed by atoms with Crippen LogP contribution in [0.1, 0.15) is 88.0 Å². The number of carbonyl (C=O) groups is 2. The lowest BCUT2D eigenvalue weighted by atomic mass is 9.74. The first-order valence-corrected chi connectivity index (χ1v) is 17.3. The molecule has 3 heterocycles. The molecule has 14 heteroatoms. The Hall–Kier alpha value is -1.30. The highest BCUT2D eigenvalue weighted by Gasteiger charge is 2.51. The van der Waals surface area contributed by atoms with E-state index >= 15 is 0 Å². The predicted octanol–water partition coefficient (Wildman–Crippen LogP) is 0.420. The van der Waals surface area contributed by atoms with E-state index in [2.05, 4.69) is 0 Å². The van der Waals surface area contributed by atoms with Crippen molar-refractivity contribution in [2.45, 2.75) is 167 Å². The second kappa shape index (κ2) is 16.4. The quantitative estimate of drug-likeness (QED) is 0.188. The van der Waals surface area contributed by atoms with Gasteiger partial charge >= 0.3 is 5.97 Å². The van der Waals surface area contributed by atoms with Crippen molar-refractivity contribution in [2.24, 2.45) is 29.6 Å². The van der Waals surface area contributed by atoms with Crippen LogP contribution in [0.2, 0.25) is 0 Å². The third-order valence-corrected chi connectivity index (χ3v) is 10.8. The van der Waals surface area contributed by atoms with Crippen LogP contribution in [0.5, 0.6) is 0 Å². The van der Waals surface area contributed by atoms with Crippen molar-refractivity contribution < 1.29 is 69.0 Å². The zero-order valence-electron chi connectivity index (χ0n) is 29.8. The van der Waals surface area contributed by atoms with Gasteiger partial charge in [-0.15, -0.1) is 0 Å². The molecule has 0 saturated carbocycles. The van der Waals surface area contributed by atoms with Crippen LogP contribution in [0.25, 0.3) is 0 Å². The van der Waals surface area contributed by atoms with Crippen molar-refractivity contribution >= 4 is 11.8 Å². The molecule has 0 bridgehead atoms. The van der Waals surface area contributed by atoms with Gasteiger partial charge in [-0.3, -0.25) is 9.59 Å². The van der Waals surface area contributed by atoms with Crippen molar-refractivity contribution in [1.82, 2.24) is 0 Å². The molecule has 0 aromatic heterocycles. The average Bonchev–Trinajstić information content (AvgIpc) is 3.01. The number of Topliss-reactive ketones (excluding diaryl/α,β-unsaturated/α-hetero) is 1. The Labute approximate surface area is 283 Å². The standard InChI is InChI=1S/C34H60O14/c1-10-23-16(3)27(39)17(4)26(38)15(2)12-34(9,43)30(48-32-22(37)11-21(36)24(14-35)46-32)18(5)28(19(6)31(41)45-23)47-25-13-33(8,42)29(40)20(7)44-25/h15-25,27-30,32,35-37,39-40,42-43H,10-14H2,1-9H3/t15-,16+,17+,18+,19-,20?,21+,22?,23-,24?,25+,27+,28+,29+,30-,32+,33?,34-/m1/s1. The fourth-order valence-electron chi connectivity index (χ4n) is 7.67. The number of hydrogen-bond donors (Lipinski definition) is 7. The number of ketones is 1. The first-order valence-electron chi connectivity index (χ1n) is 17.3. The molecule has 3 aliphatic heterocycles. The van der Waals surface area contributed by atoms with E-state index < -0.39 is 121 Å². The fraction of sp³-hybridized carbons (Fsp3) is 0.941. The molecule has 7 N–H and O–H groups in total. The van der Waals surface area contributed by atoms with Crippen LogP contribution in [-0.4, -0.2) is 133 Å². The highest BCUT2D eigenvalue weighted by Crippen LogP contribution is 2.39. The summed E-state index contributed by atoms with van der Waals surface area (Å²) in [5.41, 5.74) is -3.44. The van der Waals surface area contributed by atoms with Gasteiger partial charge in [-0.25, -0.2) is 0 Å². The summed E-state index contributed by atoms with van der Waals surface area (Å²) < 4.78 is 30.3. The Morgan fingerprint density at radius 2 is 1.44 bits per heavy atom. The lowest BCUT2D eigenvalue weighted by Gasteiger charge is -2.47. The van der Waals surface area contributed by atoms with Crippen molar-refractivity contribution in [3.8, 4) is 0 Å². The van der Waals surface area contributed by atoms with Crippen LogP contribution in [0.3, 0.4) is 0 Å². The van der Waals surface area contributed by atoms with Crippen LogP contribution >= 0.6 is 0 Å². The summed E-state index contributed by atoms with van der Waals surface area (Å²) >= 11 is 0. The molecule has 3 rings (SSSR count). The van der Waals surface area contributed by atoms with Crippen LogP contribution in [0.15, 0.2) is 0 Å². The lowest BCUT2D eigenvalue weighted by molar-refractivity contribution is -0.321. The molecule has 4 unspecified atom stereocenters. The number of esters is 1. The zero-order valence-corrected chi connectivity index (χ0v) is 29.8. The van der Waals surface area contributed by atoms with Crippen LogP contribution in [0, 0.1) is 29.6 Å². The van der Waals surface area contributed by atoms with Crippen molar-refractivity contribution in [1.29, 1.82) is 0 Å². The molecule has 0 aromatic carbocycles. The smallest absolute Gasteiger partial charge is 0.311 e. The summed E-state index contributed by atoms with van der Waals surface area (Å²) in [6.07, 6.45) is -12.7. The monoisotopic (exact) mass is 692 g/mol. The van der Waals surface area contributed by atoms with Crippen LogP contribution in [-0.2, 0) is 33.3 Å². The summed E-state index contributed by atoms with van der Waals surface area (Å²) in [4.78, 5) is 27.5. The minimum atomic E-state index is -1.84. The highest BCUT2D eigenvalue weighted by atomic mass is 16.7. The molecule has 0 radical (unpaired) electrons. The molecule has 18 atom stereocenters. The Morgan fingerprint density at radius 3 is 2.00 bits per heavy atom. The summed E-state index contributed by atoms with van der Waals surface area (Å²) in [7, 11) is 0. The molecular weight excluding hydrogens is 632 g/mol. The number of cyclic esters (lactones) is 1. The van der Waals surface area contributed by atoms with Gasteiger partial charge in [0.25, 0.3) is 0 Å². The van der Waals surface area contributed by atoms with Gasteiger partial charge in [-0.1, -0.05) is 34.6 Å². The molecule has 0 spiro atoms. The lowest BCUT2D eigenvalue weighted by Crippen LogP contribution is -2.59. The second-order valence-electron chi connectivity index (χ2n) is 15.1. The van der Waals surface area contributed by atoms with Gasteiger partial charge in [-0.2, -0.15) is 0 Å². The van der Waals surface area contributed by atoms with Gasteiger partial charge in [0, 0.05) is 36.5 Å². The number of aliphatic hydroxyl groups is 7. The zero-order chi connectivity index (χ0) is 36.5. The van der Waals surface area contributed by atoms with Crippen LogP contribution < -0.4 is 0 Å². The van der Waals surface area contributed by atoms with Gasteiger partial charge in [0.15, 0.2) is 12.6 Å². The van der Waals surface area contributed by atoms with Gasteiger partial charge in [-0.05, 0) is 40.5 Å². The minimum absolute atomic E-state index is 0.151. The van der Waals surface area contributed by atoms with E-state index in [0.29, 0.717) is 6.42 Å². The predicted molar refractivity (Wildman–Crippen MR) is 170 cm³/mol. The van der Waals surface area contributed by atoms with Gasteiger partial charge in [0.2, 0.25) is 0 Å². The molecule has 14 nitrogen and oxygen atoms in total. The first kappa shape index (κ1) is 41.1. The summed E-state index contributed by atoms with van der Waals surface area (Å²) in [5.74, 6) is -5.19. The van der Waals surface area contributed by atoms with Crippen molar-refractivity contribution in [3.63, 3.8) is 0 Å². The van der Waals surface area contributed by atoms with E-state index in [-0.39, 0.29) is 25.0 Å². The molecule has 0 aromatic rings. The van der Waals surface area contributed by atoms with Crippen molar-refractivity contribution in [3.05, 3.63) is 0 Å².